The zero-order chi connectivity index (χ0) is 69.2. The number of nitrogens with one attached hydrogen (secondary N) is 1. The van der Waals surface area contributed by atoms with E-state index in [2.05, 4.69) is 40.0 Å². The van der Waals surface area contributed by atoms with Crippen LogP contribution in [0.4, 0.5) is 5.69 Å². The van der Waals surface area contributed by atoms with Crippen LogP contribution < -0.4 is 41.3 Å². The number of anilines is 1. The van der Waals surface area contributed by atoms with Gasteiger partial charge in [-0.05, 0) is 177 Å². The van der Waals surface area contributed by atoms with Crippen LogP contribution in [0.1, 0.15) is 24.9 Å². The van der Waals surface area contributed by atoms with Crippen LogP contribution in [0.3, 0.4) is 0 Å². The van der Waals surface area contributed by atoms with Crippen molar-refractivity contribution in [1.29, 1.82) is 0 Å². The maximum atomic E-state index is 13.6. The molecule has 0 spiro atoms. The maximum absolute atomic E-state index is 13.6. The van der Waals surface area contributed by atoms with Crippen LogP contribution in [-0.4, -0.2) is 103 Å². The van der Waals surface area contributed by atoms with E-state index in [0.29, 0.717) is 107 Å². The van der Waals surface area contributed by atoms with E-state index in [1.165, 1.54) is 18.2 Å². The number of amides is 3. The largest absolute Gasteiger partial charge is 0.497 e. The number of benzene rings is 7. The number of likely N-dealkylation sites (tertiary alicyclic amines) is 2. The molecule has 2 aliphatic rings. The normalized spacial score (nSPS) is 13.9. The van der Waals surface area contributed by atoms with Crippen molar-refractivity contribution < 1.29 is 33.3 Å². The summed E-state index contributed by atoms with van der Waals surface area (Å²) < 4.78 is 33.0. The highest BCUT2D eigenvalue weighted by Crippen LogP contribution is 2.32. The lowest BCUT2D eigenvalue weighted by atomic mass is 10.2. The number of ether oxygens (including phenoxy) is 4. The number of carbonyl (C=O) groups excluding carboxylic acids is 3. The topological polar surface area (TPSA) is 226 Å². The Morgan fingerprint density at radius 1 is 0.410 bits per heavy atom. The molecule has 7 aromatic carbocycles. The van der Waals surface area contributed by atoms with Gasteiger partial charge >= 0.3 is 17.1 Å². The zero-order valence-corrected chi connectivity index (χ0v) is 54.3. The molecular weight excluding hydrogens is 1260 g/mol. The summed E-state index contributed by atoms with van der Waals surface area (Å²) in [4.78, 5) is 92.7. The van der Waals surface area contributed by atoms with Gasteiger partial charge in [-0.2, -0.15) is 0 Å². The molecule has 0 bridgehead atoms. The first-order valence-corrected chi connectivity index (χ1v) is 32.1. The van der Waals surface area contributed by atoms with E-state index in [-0.39, 0.29) is 46.9 Å². The number of rotatable bonds is 17. The van der Waals surface area contributed by atoms with Crippen LogP contribution >= 0.6 is 0 Å². The molecule has 3 amide bonds. The number of hydrogen-bond acceptors (Lipinski definition) is 13. The Kier molecular flexibility index (Phi) is 19.1. The van der Waals surface area contributed by atoms with Gasteiger partial charge in [-0.25, -0.2) is 14.4 Å². The minimum atomic E-state index is -0.325. The second kappa shape index (κ2) is 29.3. The van der Waals surface area contributed by atoms with Gasteiger partial charge in [0.15, 0.2) is 0 Å². The predicted octanol–water partition coefficient (Wildman–Crippen LogP) is 13.0. The fraction of sp³-hybridized carbons (Fsp3) is 0.115. The fourth-order valence-electron chi connectivity index (χ4n) is 12.4. The molecule has 22 heteroatoms. The lowest BCUT2D eigenvalue weighted by molar-refractivity contribution is -0.125. The molecule has 498 valence electrons. The van der Waals surface area contributed by atoms with Crippen molar-refractivity contribution in [2.24, 2.45) is 0 Å². The molecule has 2 aliphatic heterocycles. The molecule has 100 heavy (non-hydrogen) atoms. The Morgan fingerprint density at radius 2 is 0.800 bits per heavy atom. The van der Waals surface area contributed by atoms with Crippen LogP contribution in [0.15, 0.2) is 290 Å². The lowest BCUT2D eigenvalue weighted by Crippen LogP contribution is -2.31. The number of nitrogens with zero attached hydrogens (tertiary/aromatic N) is 11. The third-order valence-electron chi connectivity index (χ3n) is 17.1. The monoisotopic (exact) mass is 1330 g/mol. The van der Waals surface area contributed by atoms with Gasteiger partial charge in [0, 0.05) is 56.5 Å². The van der Waals surface area contributed by atoms with E-state index >= 15 is 0 Å². The summed E-state index contributed by atoms with van der Waals surface area (Å²) in [6, 6.07) is 60.8. The number of hydrogen-bond donors (Lipinski definition) is 1. The number of pyridine rings is 3. The van der Waals surface area contributed by atoms with Gasteiger partial charge in [-0.1, -0.05) is 68.3 Å². The number of fused-ring (bicyclic) bond motifs is 3. The molecule has 0 saturated carbocycles. The number of para-hydroxylation sites is 2. The average Bonchev–Trinajstić information content (AvgIpc) is 1.61. The van der Waals surface area contributed by atoms with E-state index in [4.69, 9.17) is 18.9 Å². The van der Waals surface area contributed by atoms with Crippen molar-refractivity contribution in [3.05, 3.63) is 307 Å². The Hall–Kier alpha value is -13.4. The first-order chi connectivity index (χ1) is 48.9. The molecule has 0 radical (unpaired) electrons. The summed E-state index contributed by atoms with van der Waals surface area (Å²) in [5, 5.41) is 2.73. The van der Waals surface area contributed by atoms with Crippen LogP contribution in [0.2, 0.25) is 0 Å². The SMILES string of the molecule is C=CC(=O)N1CC[C@@H](n2c(=O)n(-c3ccc(Oc4cccc(OC)c4)cc3)c3cnccc32)C1.C=CC(=O)N1CC[C@@H](n2c(=O)n(-c3ccc(Oc4ccccc4)cc3)c3cnccc32)C1.C=CC(=O)Nc1cccc(-n2c(=O)n(-c3ccc(Oc4ccccc4)cc3)c3cnccc32)c1. The molecule has 2 atom stereocenters. The quantitative estimate of drug-likeness (QED) is 0.0838. The van der Waals surface area contributed by atoms with E-state index < -0.39 is 0 Å². The second-order valence-electron chi connectivity index (χ2n) is 23.2. The molecule has 2 fully saturated rings. The highest BCUT2D eigenvalue weighted by molar-refractivity contribution is 5.99. The Labute approximate surface area is 572 Å². The summed E-state index contributed by atoms with van der Waals surface area (Å²) in [6.45, 7) is 12.8. The van der Waals surface area contributed by atoms with Gasteiger partial charge in [0.2, 0.25) is 17.7 Å². The highest BCUT2D eigenvalue weighted by atomic mass is 16.5. The summed E-state index contributed by atoms with van der Waals surface area (Å²) in [6.07, 6.45) is 15.3. The number of imidazole rings is 3. The van der Waals surface area contributed by atoms with Crippen molar-refractivity contribution in [1.82, 2.24) is 52.2 Å². The smallest absolute Gasteiger partial charge is 0.338 e. The molecule has 13 aromatic rings. The second-order valence-corrected chi connectivity index (χ2v) is 23.2. The Bertz CT molecular complexity index is 5370. The van der Waals surface area contributed by atoms with Gasteiger partial charge in [0.05, 0.1) is 93.6 Å². The molecule has 22 nitrogen and oxygen atoms in total. The first kappa shape index (κ1) is 65.3. The predicted molar refractivity (Wildman–Crippen MR) is 383 cm³/mol. The van der Waals surface area contributed by atoms with Crippen LogP contribution in [0.25, 0.3) is 55.8 Å². The average molecular weight is 1330 g/mol. The Morgan fingerprint density at radius 3 is 1.25 bits per heavy atom. The number of carbonyl (C=O) groups is 3. The minimum Gasteiger partial charge on any atom is -0.497 e. The highest BCUT2D eigenvalue weighted by Gasteiger charge is 2.32. The van der Waals surface area contributed by atoms with Crippen LogP contribution in [0, 0.1) is 0 Å². The molecule has 0 unspecified atom stereocenters. The summed E-state index contributed by atoms with van der Waals surface area (Å²) in [7, 11) is 1.61. The number of aromatic nitrogens is 9. The lowest BCUT2D eigenvalue weighted by Gasteiger charge is -2.15. The van der Waals surface area contributed by atoms with Gasteiger partial charge in [0.1, 0.15) is 40.2 Å². The van der Waals surface area contributed by atoms with E-state index in [9.17, 15) is 28.8 Å². The molecule has 2 saturated heterocycles. The molecule has 0 aliphatic carbocycles. The molecular formula is C78H66N12O10. The molecule has 8 heterocycles. The van der Waals surface area contributed by atoms with Crippen molar-refractivity contribution in [3.8, 4) is 63.0 Å². The third kappa shape index (κ3) is 13.7. The maximum Gasteiger partial charge on any atom is 0.338 e. The molecule has 1 N–H and O–H groups in total. The number of methoxy groups -OCH3 is 1. The van der Waals surface area contributed by atoms with E-state index in [1.54, 1.807) is 112 Å². The van der Waals surface area contributed by atoms with Crippen molar-refractivity contribution >= 4 is 56.5 Å². The van der Waals surface area contributed by atoms with Crippen LogP contribution in [-0.2, 0) is 14.4 Å². The van der Waals surface area contributed by atoms with Crippen molar-refractivity contribution in [3.63, 3.8) is 0 Å². The van der Waals surface area contributed by atoms with Crippen molar-refractivity contribution in [2.75, 3.05) is 38.6 Å². The summed E-state index contributed by atoms with van der Waals surface area (Å²) in [5.41, 5.74) is 7.09. The minimum absolute atomic E-state index is 0.0989. The first-order valence-electron chi connectivity index (χ1n) is 32.1. The fourth-order valence-corrected chi connectivity index (χ4v) is 12.4. The van der Waals surface area contributed by atoms with Gasteiger partial charge in [0.25, 0.3) is 0 Å². The van der Waals surface area contributed by atoms with E-state index in [1.807, 2.05) is 170 Å². The molecule has 6 aromatic heterocycles. The standard InChI is InChI=1S/C27H20N4O3.C26H24N4O4.C25H22N4O3/c1-2-26(32)29-19-7-6-8-21(17-19)31-24-15-16-28-18-25(24)30(27(31)33)20-11-13-23(14-12-20)34-22-9-4-3-5-10-22;1-3-25(31)28-14-12-19(17-28)30-23-11-13-27-16-24(23)29(26(30)32)18-7-9-20(10-8-18)34-22-6-4-5-21(15-22)33-2;1-2-24(30)27-15-13-19(17-27)29-22-12-14-26-16-23(22)28(25(29)31)18-8-10-21(11-9-18)32-20-6-4-3-5-7-20/h2-18H,1H2,(H,29,32);3-11,13,15-16,19H,1,12,14,17H2,2H3;2-12,14,16,19H,1,13,15,17H2/t;2*19-/m.11/s1. The van der Waals surface area contributed by atoms with Gasteiger partial charge in [-0.15, -0.1) is 0 Å². The molecule has 15 rings (SSSR count). The summed E-state index contributed by atoms with van der Waals surface area (Å²) >= 11 is 0. The van der Waals surface area contributed by atoms with Gasteiger partial charge in [-0.3, -0.25) is 56.7 Å². The van der Waals surface area contributed by atoms with E-state index in [0.717, 1.165) is 33.7 Å². The van der Waals surface area contributed by atoms with Crippen molar-refractivity contribution in [2.45, 2.75) is 24.9 Å². The van der Waals surface area contributed by atoms with Gasteiger partial charge < -0.3 is 34.1 Å². The zero-order valence-electron chi connectivity index (χ0n) is 54.3. The van der Waals surface area contributed by atoms with Crippen LogP contribution in [0.5, 0.6) is 40.2 Å². The summed E-state index contributed by atoms with van der Waals surface area (Å²) in [5.74, 6) is 4.28. The Balaban J connectivity index is 0.000000134. The third-order valence-corrected chi connectivity index (χ3v) is 17.1.